The summed E-state index contributed by atoms with van der Waals surface area (Å²) in [7, 11) is 0. The highest BCUT2D eigenvalue weighted by atomic mass is 14.7. The van der Waals surface area contributed by atoms with Crippen LogP contribution in [0.4, 0.5) is 0 Å². The van der Waals surface area contributed by atoms with Crippen LogP contribution in [-0.2, 0) is 12.8 Å². The van der Waals surface area contributed by atoms with E-state index in [2.05, 4.69) is 79.5 Å². The molecule has 1 aromatic heterocycles. The Morgan fingerprint density at radius 1 is 0.577 bits per heavy atom. The Bertz CT molecular complexity index is 783. The summed E-state index contributed by atoms with van der Waals surface area (Å²) in [5.74, 6) is 0. The zero-order valence-electron chi connectivity index (χ0n) is 16.0. The van der Waals surface area contributed by atoms with Crippen LogP contribution in [0.1, 0.15) is 50.8 Å². The molecule has 0 aliphatic heterocycles. The van der Waals surface area contributed by atoms with Gasteiger partial charge in [0.05, 0.1) is 0 Å². The van der Waals surface area contributed by atoms with Crippen LogP contribution in [-0.4, -0.2) is 4.98 Å². The van der Waals surface area contributed by atoms with Crippen molar-refractivity contribution in [3.05, 3.63) is 78.1 Å². The standard InChI is InChI=1S/C25H29N/c1-3-5-6-8-25-18-17-24(19-26-25)23-15-13-22(14-16-23)21-11-9-20(7-4-2)10-12-21/h9-19H,3-8H2,1-2H3. The molecule has 1 heteroatoms. The highest BCUT2D eigenvalue weighted by Crippen LogP contribution is 2.25. The van der Waals surface area contributed by atoms with Gasteiger partial charge in [0.1, 0.15) is 0 Å². The first-order valence-electron chi connectivity index (χ1n) is 9.95. The Hall–Kier alpha value is -2.41. The van der Waals surface area contributed by atoms with Crippen LogP contribution >= 0.6 is 0 Å². The van der Waals surface area contributed by atoms with Crippen LogP contribution in [0, 0.1) is 0 Å². The summed E-state index contributed by atoms with van der Waals surface area (Å²) in [5.41, 5.74) is 7.57. The van der Waals surface area contributed by atoms with E-state index in [0.717, 1.165) is 12.8 Å². The molecule has 0 bridgehead atoms. The first-order valence-corrected chi connectivity index (χ1v) is 9.95. The van der Waals surface area contributed by atoms with Gasteiger partial charge in [0.2, 0.25) is 0 Å². The van der Waals surface area contributed by atoms with Crippen LogP contribution in [0.3, 0.4) is 0 Å². The van der Waals surface area contributed by atoms with Crippen LogP contribution in [0.25, 0.3) is 22.3 Å². The van der Waals surface area contributed by atoms with Gasteiger partial charge in [0.25, 0.3) is 0 Å². The smallest absolute Gasteiger partial charge is 0.0404 e. The fraction of sp³-hybridized carbons (Fsp3) is 0.320. The van der Waals surface area contributed by atoms with Gasteiger partial charge in [0.15, 0.2) is 0 Å². The van der Waals surface area contributed by atoms with Crippen LogP contribution in [0.15, 0.2) is 66.9 Å². The molecule has 0 saturated heterocycles. The number of aryl methyl sites for hydroxylation is 2. The number of pyridine rings is 1. The van der Waals surface area contributed by atoms with E-state index >= 15 is 0 Å². The fourth-order valence-corrected chi connectivity index (χ4v) is 3.31. The molecule has 0 fully saturated rings. The Morgan fingerprint density at radius 3 is 1.69 bits per heavy atom. The SMILES string of the molecule is CCCCCc1ccc(-c2ccc(-c3ccc(CCC)cc3)cc2)cn1. The molecule has 0 saturated carbocycles. The fourth-order valence-electron chi connectivity index (χ4n) is 3.31. The maximum absolute atomic E-state index is 4.63. The summed E-state index contributed by atoms with van der Waals surface area (Å²) < 4.78 is 0. The second-order valence-electron chi connectivity index (χ2n) is 7.02. The van der Waals surface area contributed by atoms with Crippen molar-refractivity contribution in [2.75, 3.05) is 0 Å². The number of hydrogen-bond donors (Lipinski definition) is 0. The van der Waals surface area contributed by atoms with Crippen LogP contribution in [0.5, 0.6) is 0 Å². The van der Waals surface area contributed by atoms with Crippen molar-refractivity contribution in [3.63, 3.8) is 0 Å². The molecule has 0 spiro atoms. The highest BCUT2D eigenvalue weighted by molar-refractivity contribution is 5.70. The van der Waals surface area contributed by atoms with Crippen molar-refractivity contribution >= 4 is 0 Å². The van der Waals surface area contributed by atoms with E-state index in [1.54, 1.807) is 0 Å². The van der Waals surface area contributed by atoms with Gasteiger partial charge in [-0.3, -0.25) is 4.98 Å². The van der Waals surface area contributed by atoms with Gasteiger partial charge < -0.3 is 0 Å². The average molecular weight is 344 g/mol. The summed E-state index contributed by atoms with van der Waals surface area (Å²) >= 11 is 0. The van der Waals surface area contributed by atoms with Crippen molar-refractivity contribution in [2.24, 2.45) is 0 Å². The molecule has 0 unspecified atom stereocenters. The molecule has 1 heterocycles. The zero-order valence-corrected chi connectivity index (χ0v) is 16.0. The molecule has 0 atom stereocenters. The number of unbranched alkanes of at least 4 members (excludes halogenated alkanes) is 2. The molecule has 0 N–H and O–H groups in total. The van der Waals surface area contributed by atoms with E-state index in [1.807, 2.05) is 6.20 Å². The van der Waals surface area contributed by atoms with Gasteiger partial charge in [-0.2, -0.15) is 0 Å². The summed E-state index contributed by atoms with van der Waals surface area (Å²) in [6, 6.07) is 22.1. The van der Waals surface area contributed by atoms with Gasteiger partial charge in [0, 0.05) is 17.5 Å². The number of aromatic nitrogens is 1. The summed E-state index contributed by atoms with van der Waals surface area (Å²) in [6.45, 7) is 4.46. The summed E-state index contributed by atoms with van der Waals surface area (Å²) in [5, 5.41) is 0. The van der Waals surface area contributed by atoms with E-state index in [9.17, 15) is 0 Å². The Kier molecular flexibility index (Phi) is 6.60. The average Bonchev–Trinajstić information content (AvgIpc) is 2.70. The molecule has 1 nitrogen and oxygen atoms in total. The van der Waals surface area contributed by atoms with Crippen molar-refractivity contribution in [2.45, 2.75) is 52.4 Å². The third-order valence-electron chi connectivity index (χ3n) is 4.91. The minimum atomic E-state index is 1.08. The third-order valence-corrected chi connectivity index (χ3v) is 4.91. The maximum Gasteiger partial charge on any atom is 0.0404 e. The largest absolute Gasteiger partial charge is 0.261 e. The molecule has 0 amide bonds. The molecule has 3 rings (SSSR count). The molecule has 134 valence electrons. The van der Waals surface area contributed by atoms with Crippen LogP contribution in [0.2, 0.25) is 0 Å². The summed E-state index contributed by atoms with van der Waals surface area (Å²) in [6.07, 6.45) is 9.21. The lowest BCUT2D eigenvalue weighted by Gasteiger charge is -2.07. The maximum atomic E-state index is 4.63. The predicted octanol–water partition coefficient (Wildman–Crippen LogP) is 7.10. The molecule has 0 aliphatic carbocycles. The predicted molar refractivity (Wildman–Crippen MR) is 112 cm³/mol. The second kappa shape index (κ2) is 9.33. The Balaban J connectivity index is 1.68. The van der Waals surface area contributed by atoms with Crippen LogP contribution < -0.4 is 0 Å². The highest BCUT2D eigenvalue weighted by Gasteiger charge is 2.02. The molecule has 0 aliphatic rings. The lowest BCUT2D eigenvalue weighted by Crippen LogP contribution is -1.90. The first kappa shape index (κ1) is 18.4. The Morgan fingerprint density at radius 2 is 1.15 bits per heavy atom. The lowest BCUT2D eigenvalue weighted by atomic mass is 9.99. The second-order valence-corrected chi connectivity index (χ2v) is 7.02. The Labute approximate surface area is 158 Å². The van der Waals surface area contributed by atoms with Crippen molar-refractivity contribution in [1.29, 1.82) is 0 Å². The molecule has 2 aromatic carbocycles. The van der Waals surface area contributed by atoms with Crippen molar-refractivity contribution in [3.8, 4) is 22.3 Å². The van der Waals surface area contributed by atoms with Gasteiger partial charge in [-0.25, -0.2) is 0 Å². The number of benzene rings is 2. The molecule has 0 radical (unpaired) electrons. The molecule has 3 aromatic rings. The quantitative estimate of drug-likeness (QED) is 0.397. The van der Waals surface area contributed by atoms with E-state index in [-0.39, 0.29) is 0 Å². The normalized spacial score (nSPS) is 10.8. The number of hydrogen-bond acceptors (Lipinski definition) is 1. The molecular weight excluding hydrogens is 314 g/mol. The minimum Gasteiger partial charge on any atom is -0.261 e. The number of rotatable bonds is 8. The van der Waals surface area contributed by atoms with E-state index in [0.29, 0.717) is 0 Å². The van der Waals surface area contributed by atoms with E-state index < -0.39 is 0 Å². The minimum absolute atomic E-state index is 1.08. The zero-order chi connectivity index (χ0) is 18.2. The lowest BCUT2D eigenvalue weighted by molar-refractivity contribution is 0.707. The first-order chi connectivity index (χ1) is 12.8. The van der Waals surface area contributed by atoms with Gasteiger partial charge in [-0.1, -0.05) is 87.7 Å². The van der Waals surface area contributed by atoms with Gasteiger partial charge in [-0.15, -0.1) is 0 Å². The van der Waals surface area contributed by atoms with Crippen molar-refractivity contribution < 1.29 is 0 Å². The van der Waals surface area contributed by atoms with E-state index in [1.165, 1.54) is 59.2 Å². The number of nitrogens with zero attached hydrogens (tertiary/aromatic N) is 1. The third kappa shape index (κ3) is 4.82. The van der Waals surface area contributed by atoms with E-state index in [4.69, 9.17) is 0 Å². The monoisotopic (exact) mass is 343 g/mol. The molecular formula is C25H29N. The topological polar surface area (TPSA) is 12.9 Å². The molecule has 26 heavy (non-hydrogen) atoms. The summed E-state index contributed by atoms with van der Waals surface area (Å²) in [4.78, 5) is 4.63. The van der Waals surface area contributed by atoms with Gasteiger partial charge in [-0.05, 0) is 47.6 Å². The van der Waals surface area contributed by atoms with Crippen molar-refractivity contribution in [1.82, 2.24) is 4.98 Å². The van der Waals surface area contributed by atoms with Gasteiger partial charge >= 0.3 is 0 Å².